The molecule has 1 unspecified atom stereocenters. The smallest absolute Gasteiger partial charge is 0.241 e. The zero-order valence-electron chi connectivity index (χ0n) is 14.3. The van der Waals surface area contributed by atoms with Gasteiger partial charge in [-0.05, 0) is 56.0 Å². The number of carbonyl (C=O) groups excluding carboxylic acids is 1. The lowest BCUT2D eigenvalue weighted by Gasteiger charge is -2.51. The van der Waals surface area contributed by atoms with Crippen molar-refractivity contribution in [1.82, 2.24) is 20.7 Å². The van der Waals surface area contributed by atoms with Crippen molar-refractivity contribution in [1.29, 1.82) is 0 Å². The van der Waals surface area contributed by atoms with Crippen LogP contribution in [0.4, 0.5) is 4.39 Å². The third kappa shape index (κ3) is 2.50. The van der Waals surface area contributed by atoms with E-state index in [1.807, 2.05) is 12.1 Å². The number of nitrogens with one attached hydrogen (secondary N) is 2. The Balaban J connectivity index is 1.48. The molecule has 2 bridgehead atoms. The van der Waals surface area contributed by atoms with Crippen LogP contribution in [-0.4, -0.2) is 60.0 Å². The monoisotopic (exact) mass is 344 g/mol. The van der Waals surface area contributed by atoms with Crippen LogP contribution in [0.15, 0.2) is 24.3 Å². The van der Waals surface area contributed by atoms with Crippen LogP contribution < -0.4 is 10.9 Å². The van der Waals surface area contributed by atoms with Crippen LogP contribution in [0.25, 0.3) is 0 Å². The molecule has 1 aromatic rings. The van der Waals surface area contributed by atoms with Gasteiger partial charge < -0.3 is 4.90 Å². The Morgan fingerprint density at radius 1 is 1.08 bits per heavy atom. The van der Waals surface area contributed by atoms with E-state index in [0.717, 1.165) is 38.2 Å². The number of halogens is 1. The molecule has 6 heteroatoms. The molecular formula is C19H25FN4O. The summed E-state index contributed by atoms with van der Waals surface area (Å²) in [6.07, 6.45) is 3.23. The van der Waals surface area contributed by atoms with Crippen LogP contribution in [0.1, 0.15) is 30.7 Å². The molecule has 5 aliphatic heterocycles. The molecule has 134 valence electrons. The Bertz CT molecular complexity index is 652. The van der Waals surface area contributed by atoms with Crippen LogP contribution in [-0.2, 0) is 4.79 Å². The minimum atomic E-state index is -0.196. The second-order valence-corrected chi connectivity index (χ2v) is 7.92. The Kier molecular flexibility index (Phi) is 3.80. The van der Waals surface area contributed by atoms with Crippen molar-refractivity contribution < 1.29 is 9.18 Å². The van der Waals surface area contributed by atoms with Gasteiger partial charge in [0.25, 0.3) is 0 Å². The first-order valence-corrected chi connectivity index (χ1v) is 9.51. The maximum absolute atomic E-state index is 13.4. The van der Waals surface area contributed by atoms with E-state index >= 15 is 0 Å². The zero-order valence-corrected chi connectivity index (χ0v) is 14.3. The number of fused-ring (bicyclic) bond motifs is 2. The third-order valence-corrected chi connectivity index (χ3v) is 6.71. The topological polar surface area (TPSA) is 47.6 Å². The number of amides is 1. The fourth-order valence-electron chi connectivity index (χ4n) is 5.55. The van der Waals surface area contributed by atoms with Crippen LogP contribution in [0.5, 0.6) is 0 Å². The largest absolute Gasteiger partial charge is 0.336 e. The molecular weight excluding hydrogens is 319 g/mol. The van der Waals surface area contributed by atoms with Crippen molar-refractivity contribution in [2.45, 2.75) is 43.3 Å². The number of piperidine rings is 3. The maximum atomic E-state index is 13.4. The number of hydrazine groups is 1. The molecule has 1 aromatic carbocycles. The lowest BCUT2D eigenvalue weighted by Crippen LogP contribution is -2.62. The highest BCUT2D eigenvalue weighted by Crippen LogP contribution is 2.46. The van der Waals surface area contributed by atoms with Crippen LogP contribution in [0, 0.1) is 11.7 Å². The van der Waals surface area contributed by atoms with E-state index in [4.69, 9.17) is 0 Å². The predicted molar refractivity (Wildman–Crippen MR) is 92.3 cm³/mol. The number of hydrogen-bond acceptors (Lipinski definition) is 4. The molecule has 5 saturated heterocycles. The summed E-state index contributed by atoms with van der Waals surface area (Å²) in [4.78, 5) is 17.9. The second kappa shape index (κ2) is 6.04. The van der Waals surface area contributed by atoms with E-state index in [-0.39, 0.29) is 23.7 Å². The van der Waals surface area contributed by atoms with Crippen molar-refractivity contribution in [3.8, 4) is 0 Å². The summed E-state index contributed by atoms with van der Waals surface area (Å²) >= 11 is 0. The molecule has 2 N–H and O–H groups in total. The zero-order chi connectivity index (χ0) is 17.0. The number of likely N-dealkylation sites (tertiary alicyclic amines) is 1. The van der Waals surface area contributed by atoms with Crippen molar-refractivity contribution in [2.24, 2.45) is 5.92 Å². The average Bonchev–Trinajstić information content (AvgIpc) is 3.32. The van der Waals surface area contributed by atoms with Crippen molar-refractivity contribution in [2.75, 3.05) is 26.2 Å². The molecule has 0 spiro atoms. The van der Waals surface area contributed by atoms with Gasteiger partial charge in [0.2, 0.25) is 5.91 Å². The van der Waals surface area contributed by atoms with Gasteiger partial charge >= 0.3 is 0 Å². The van der Waals surface area contributed by atoms with Gasteiger partial charge in [-0.25, -0.2) is 9.82 Å². The van der Waals surface area contributed by atoms with Gasteiger partial charge in [0.1, 0.15) is 11.9 Å². The molecule has 0 saturated carbocycles. The summed E-state index contributed by atoms with van der Waals surface area (Å²) in [6, 6.07) is 7.50. The molecule has 5 aliphatic rings. The average molecular weight is 344 g/mol. The summed E-state index contributed by atoms with van der Waals surface area (Å²) in [7, 11) is 0. The summed E-state index contributed by atoms with van der Waals surface area (Å²) < 4.78 is 13.4. The Hall–Kier alpha value is -1.50. The molecule has 0 radical (unpaired) electrons. The van der Waals surface area contributed by atoms with Gasteiger partial charge in [-0.1, -0.05) is 12.1 Å². The van der Waals surface area contributed by atoms with E-state index in [1.54, 1.807) is 12.1 Å². The quantitative estimate of drug-likeness (QED) is 0.843. The number of benzene rings is 1. The van der Waals surface area contributed by atoms with Crippen molar-refractivity contribution >= 4 is 5.91 Å². The highest BCUT2D eigenvalue weighted by Gasteiger charge is 2.55. The highest BCUT2D eigenvalue weighted by molar-refractivity contribution is 5.83. The van der Waals surface area contributed by atoms with Gasteiger partial charge in [-0.15, -0.1) is 0 Å². The summed E-state index contributed by atoms with van der Waals surface area (Å²) in [5.74, 6) is 0.932. The van der Waals surface area contributed by atoms with Crippen molar-refractivity contribution in [3.63, 3.8) is 0 Å². The molecule has 1 amide bonds. The summed E-state index contributed by atoms with van der Waals surface area (Å²) in [5, 5.41) is 0. The fourth-order valence-corrected chi connectivity index (χ4v) is 5.55. The first-order chi connectivity index (χ1) is 12.2. The summed E-state index contributed by atoms with van der Waals surface area (Å²) in [5.41, 5.74) is 7.38. The normalized spacial score (nSPS) is 39.6. The van der Waals surface area contributed by atoms with Gasteiger partial charge in [-0.3, -0.25) is 15.1 Å². The van der Waals surface area contributed by atoms with E-state index in [2.05, 4.69) is 20.7 Å². The van der Waals surface area contributed by atoms with Gasteiger partial charge in [0.05, 0.1) is 6.04 Å². The first-order valence-electron chi connectivity index (χ1n) is 9.51. The molecule has 4 atom stereocenters. The van der Waals surface area contributed by atoms with Crippen LogP contribution >= 0.6 is 0 Å². The van der Waals surface area contributed by atoms with E-state index in [1.165, 1.54) is 12.8 Å². The van der Waals surface area contributed by atoms with Crippen LogP contribution in [0.3, 0.4) is 0 Å². The number of hydrogen-bond donors (Lipinski definition) is 2. The Labute approximate surface area is 147 Å². The highest BCUT2D eigenvalue weighted by atomic mass is 19.1. The minimum absolute atomic E-state index is 0.108. The van der Waals surface area contributed by atoms with E-state index < -0.39 is 0 Å². The number of rotatable bonds is 2. The molecule has 25 heavy (non-hydrogen) atoms. The molecule has 5 heterocycles. The number of carbonyl (C=O) groups is 1. The third-order valence-electron chi connectivity index (χ3n) is 6.71. The van der Waals surface area contributed by atoms with E-state index in [9.17, 15) is 9.18 Å². The number of nitrogens with zero attached hydrogens (tertiary/aromatic N) is 2. The predicted octanol–water partition coefficient (Wildman–Crippen LogP) is 1.08. The maximum Gasteiger partial charge on any atom is 0.241 e. The summed E-state index contributed by atoms with van der Waals surface area (Å²) in [6.45, 7) is 3.86. The Morgan fingerprint density at radius 3 is 2.52 bits per heavy atom. The van der Waals surface area contributed by atoms with Gasteiger partial charge in [0, 0.05) is 25.0 Å². The molecule has 0 aliphatic carbocycles. The SMILES string of the molecule is O=C(C1CCNN1)N1C[C@H](c2ccc(F)cc2)[C@H]2[C@@H]1C1CCN2CC1. The lowest BCUT2D eigenvalue weighted by atomic mass is 9.75. The standard InChI is InChI=1S/C19H25FN4O/c20-14-3-1-12(2-4-14)15-11-24(19(25)16-5-8-21-22-16)17-13-6-9-23(10-7-13)18(15)17/h1-4,13,15-18,21-22H,5-11H2/t15-,16?,17+,18+/m1/s1. The van der Waals surface area contributed by atoms with Gasteiger partial charge in [-0.2, -0.15) is 0 Å². The minimum Gasteiger partial charge on any atom is -0.336 e. The first kappa shape index (κ1) is 15.7. The molecule has 5 fully saturated rings. The lowest BCUT2D eigenvalue weighted by molar-refractivity contribution is -0.138. The van der Waals surface area contributed by atoms with Gasteiger partial charge in [0.15, 0.2) is 0 Å². The molecule has 0 aromatic heterocycles. The molecule has 6 rings (SSSR count). The van der Waals surface area contributed by atoms with Crippen molar-refractivity contribution in [3.05, 3.63) is 35.6 Å². The Morgan fingerprint density at radius 2 is 1.84 bits per heavy atom. The fraction of sp³-hybridized carbons (Fsp3) is 0.632. The van der Waals surface area contributed by atoms with E-state index in [0.29, 0.717) is 18.0 Å². The van der Waals surface area contributed by atoms with Crippen LogP contribution in [0.2, 0.25) is 0 Å². The molecule has 5 nitrogen and oxygen atoms in total. The second-order valence-electron chi connectivity index (χ2n) is 7.92.